The van der Waals surface area contributed by atoms with Crippen LogP contribution in [0.5, 0.6) is 0 Å². The molecule has 0 aliphatic heterocycles. The maximum atomic E-state index is 13.6. The van der Waals surface area contributed by atoms with E-state index < -0.39 is 11.5 Å². The zero-order valence-corrected chi connectivity index (χ0v) is 10.5. The number of carbonyl (C=O) groups excluding carboxylic acids is 1. The Balaban J connectivity index is 2.76. The van der Waals surface area contributed by atoms with Crippen LogP contribution in [-0.2, 0) is 10.2 Å². The van der Waals surface area contributed by atoms with Gasteiger partial charge in [-0.1, -0.05) is 32.0 Å². The minimum absolute atomic E-state index is 0.227. The lowest BCUT2D eigenvalue weighted by Gasteiger charge is -2.26. The van der Waals surface area contributed by atoms with Gasteiger partial charge in [0.25, 0.3) is 0 Å². The molecule has 0 radical (unpaired) electrons. The standard InChI is InChI=1S/C13H19FN2O/c1-9(15)12(17)16-8-13(2,3)10-6-4-5-7-11(10)14/h4-7,9H,8,15H2,1-3H3,(H,16,17)/t9-/m1/s1. The normalized spacial score (nSPS) is 13.2. The molecule has 0 aromatic heterocycles. The number of nitrogens with two attached hydrogens (primary N) is 1. The number of rotatable bonds is 4. The fourth-order valence-electron chi connectivity index (χ4n) is 1.57. The lowest BCUT2D eigenvalue weighted by Crippen LogP contribution is -2.44. The van der Waals surface area contributed by atoms with Crippen molar-refractivity contribution in [1.29, 1.82) is 0 Å². The third-order valence-electron chi connectivity index (χ3n) is 2.72. The van der Waals surface area contributed by atoms with Crippen LogP contribution in [0.2, 0.25) is 0 Å². The summed E-state index contributed by atoms with van der Waals surface area (Å²) in [4.78, 5) is 11.4. The van der Waals surface area contributed by atoms with Crippen molar-refractivity contribution in [2.24, 2.45) is 5.73 Å². The van der Waals surface area contributed by atoms with Crippen molar-refractivity contribution in [1.82, 2.24) is 5.32 Å². The van der Waals surface area contributed by atoms with Crippen molar-refractivity contribution < 1.29 is 9.18 Å². The van der Waals surface area contributed by atoms with Gasteiger partial charge >= 0.3 is 0 Å². The molecule has 1 rings (SSSR count). The Morgan fingerprint density at radius 2 is 2.06 bits per heavy atom. The molecule has 0 aliphatic rings. The average molecular weight is 238 g/mol. The maximum Gasteiger partial charge on any atom is 0.236 e. The average Bonchev–Trinajstić information content (AvgIpc) is 2.26. The van der Waals surface area contributed by atoms with Crippen molar-refractivity contribution in [2.75, 3.05) is 6.54 Å². The summed E-state index contributed by atoms with van der Waals surface area (Å²) >= 11 is 0. The number of nitrogens with one attached hydrogen (secondary N) is 1. The first-order valence-corrected chi connectivity index (χ1v) is 5.63. The van der Waals surface area contributed by atoms with E-state index in [0.717, 1.165) is 0 Å². The van der Waals surface area contributed by atoms with Gasteiger partial charge in [-0.25, -0.2) is 4.39 Å². The van der Waals surface area contributed by atoms with Crippen LogP contribution in [0, 0.1) is 5.82 Å². The zero-order valence-electron chi connectivity index (χ0n) is 10.5. The number of benzene rings is 1. The van der Waals surface area contributed by atoms with E-state index >= 15 is 0 Å². The Kier molecular flexibility index (Phi) is 4.23. The molecule has 1 amide bonds. The second-order valence-corrected chi connectivity index (χ2v) is 4.87. The third kappa shape index (κ3) is 3.53. The van der Waals surface area contributed by atoms with E-state index in [9.17, 15) is 9.18 Å². The van der Waals surface area contributed by atoms with E-state index in [1.165, 1.54) is 6.07 Å². The smallest absolute Gasteiger partial charge is 0.236 e. The first-order valence-electron chi connectivity index (χ1n) is 5.63. The molecule has 0 aliphatic carbocycles. The lowest BCUT2D eigenvalue weighted by atomic mass is 9.84. The molecular weight excluding hydrogens is 219 g/mol. The highest BCUT2D eigenvalue weighted by Crippen LogP contribution is 2.24. The Morgan fingerprint density at radius 3 is 2.59 bits per heavy atom. The van der Waals surface area contributed by atoms with Gasteiger partial charge in [-0.2, -0.15) is 0 Å². The Hall–Kier alpha value is -1.42. The molecule has 0 saturated heterocycles. The van der Waals surface area contributed by atoms with Crippen LogP contribution in [0.4, 0.5) is 4.39 Å². The van der Waals surface area contributed by atoms with Gasteiger partial charge in [0.15, 0.2) is 0 Å². The Morgan fingerprint density at radius 1 is 1.47 bits per heavy atom. The number of halogens is 1. The van der Waals surface area contributed by atoms with Crippen LogP contribution in [0.1, 0.15) is 26.3 Å². The minimum Gasteiger partial charge on any atom is -0.354 e. The Bertz CT molecular complexity index is 402. The molecule has 1 atom stereocenters. The largest absolute Gasteiger partial charge is 0.354 e. The molecule has 0 saturated carbocycles. The number of hydrogen-bond acceptors (Lipinski definition) is 2. The van der Waals surface area contributed by atoms with Gasteiger partial charge in [0.05, 0.1) is 6.04 Å². The van der Waals surface area contributed by atoms with Crippen LogP contribution >= 0.6 is 0 Å². The predicted octanol–water partition coefficient (Wildman–Crippen LogP) is 1.57. The molecule has 1 aromatic carbocycles. The van der Waals surface area contributed by atoms with Gasteiger partial charge in [0.1, 0.15) is 5.82 Å². The zero-order chi connectivity index (χ0) is 13.1. The van der Waals surface area contributed by atoms with Crippen molar-refractivity contribution >= 4 is 5.91 Å². The fourth-order valence-corrected chi connectivity index (χ4v) is 1.57. The highest BCUT2D eigenvalue weighted by Gasteiger charge is 2.24. The highest BCUT2D eigenvalue weighted by molar-refractivity contribution is 5.81. The summed E-state index contributed by atoms with van der Waals surface area (Å²) < 4.78 is 13.6. The van der Waals surface area contributed by atoms with E-state index in [2.05, 4.69) is 5.32 Å². The van der Waals surface area contributed by atoms with Gasteiger partial charge < -0.3 is 11.1 Å². The topological polar surface area (TPSA) is 55.1 Å². The second-order valence-electron chi connectivity index (χ2n) is 4.87. The van der Waals surface area contributed by atoms with Crippen LogP contribution in [0.3, 0.4) is 0 Å². The molecular formula is C13H19FN2O. The monoisotopic (exact) mass is 238 g/mol. The highest BCUT2D eigenvalue weighted by atomic mass is 19.1. The number of hydrogen-bond donors (Lipinski definition) is 2. The second kappa shape index (κ2) is 5.27. The van der Waals surface area contributed by atoms with E-state index in [0.29, 0.717) is 12.1 Å². The molecule has 0 heterocycles. The SMILES string of the molecule is C[C@@H](N)C(=O)NCC(C)(C)c1ccccc1F. The quantitative estimate of drug-likeness (QED) is 0.836. The van der Waals surface area contributed by atoms with E-state index in [4.69, 9.17) is 5.73 Å². The van der Waals surface area contributed by atoms with Crippen LogP contribution < -0.4 is 11.1 Å². The first-order chi connectivity index (χ1) is 7.84. The third-order valence-corrected chi connectivity index (χ3v) is 2.72. The van der Waals surface area contributed by atoms with Gasteiger partial charge in [-0.05, 0) is 18.6 Å². The van der Waals surface area contributed by atoms with Crippen LogP contribution in [0.15, 0.2) is 24.3 Å². The van der Waals surface area contributed by atoms with Gasteiger partial charge in [0, 0.05) is 12.0 Å². The summed E-state index contributed by atoms with van der Waals surface area (Å²) in [7, 11) is 0. The molecule has 4 heteroatoms. The molecule has 0 unspecified atom stereocenters. The van der Waals surface area contributed by atoms with E-state index in [1.54, 1.807) is 25.1 Å². The summed E-state index contributed by atoms with van der Waals surface area (Å²) in [5.74, 6) is -0.484. The number of amides is 1. The molecule has 3 N–H and O–H groups in total. The molecule has 0 spiro atoms. The number of carbonyl (C=O) groups is 1. The lowest BCUT2D eigenvalue weighted by molar-refractivity contribution is -0.122. The summed E-state index contributed by atoms with van der Waals surface area (Å²) in [6.07, 6.45) is 0. The summed E-state index contributed by atoms with van der Waals surface area (Å²) in [6.45, 7) is 5.74. The summed E-state index contributed by atoms with van der Waals surface area (Å²) in [5.41, 5.74) is 5.57. The molecule has 3 nitrogen and oxygen atoms in total. The minimum atomic E-state index is -0.550. The van der Waals surface area contributed by atoms with Crippen molar-refractivity contribution in [3.63, 3.8) is 0 Å². The van der Waals surface area contributed by atoms with E-state index in [-0.39, 0.29) is 11.7 Å². The van der Waals surface area contributed by atoms with Gasteiger partial charge in [-0.15, -0.1) is 0 Å². The maximum absolute atomic E-state index is 13.6. The fraction of sp³-hybridized carbons (Fsp3) is 0.462. The molecule has 17 heavy (non-hydrogen) atoms. The molecule has 1 aromatic rings. The van der Waals surface area contributed by atoms with Crippen molar-refractivity contribution in [3.8, 4) is 0 Å². The van der Waals surface area contributed by atoms with Crippen LogP contribution in [0.25, 0.3) is 0 Å². The molecule has 0 bridgehead atoms. The predicted molar refractivity (Wildman–Crippen MR) is 66.1 cm³/mol. The first kappa shape index (κ1) is 13.6. The van der Waals surface area contributed by atoms with Gasteiger partial charge in [-0.3, -0.25) is 4.79 Å². The van der Waals surface area contributed by atoms with Crippen LogP contribution in [-0.4, -0.2) is 18.5 Å². The van der Waals surface area contributed by atoms with Crippen molar-refractivity contribution in [3.05, 3.63) is 35.6 Å². The van der Waals surface area contributed by atoms with Gasteiger partial charge in [0.2, 0.25) is 5.91 Å². The molecule has 0 fully saturated rings. The summed E-state index contributed by atoms with van der Waals surface area (Å²) in [5, 5.41) is 2.72. The summed E-state index contributed by atoms with van der Waals surface area (Å²) in [6, 6.07) is 6.03. The van der Waals surface area contributed by atoms with E-state index in [1.807, 2.05) is 13.8 Å². The molecule has 94 valence electrons. The van der Waals surface area contributed by atoms with Crippen molar-refractivity contribution in [2.45, 2.75) is 32.2 Å². The Labute approximate surface area is 101 Å².